The number of hydrogen-bond acceptors (Lipinski definition) is 4. The maximum Gasteiger partial charge on any atom is 0.416 e. The van der Waals surface area contributed by atoms with E-state index in [1.807, 2.05) is 0 Å². The molecule has 1 heterocycles. The average molecular weight is 310 g/mol. The van der Waals surface area contributed by atoms with Crippen molar-refractivity contribution in [2.24, 2.45) is 0 Å². The van der Waals surface area contributed by atoms with Crippen LogP contribution >= 0.6 is 0 Å². The summed E-state index contributed by atoms with van der Waals surface area (Å²) < 4.78 is 42.5. The molecular weight excluding hydrogens is 297 g/mol. The lowest BCUT2D eigenvalue weighted by Gasteiger charge is -2.10. The molecule has 0 unspecified atom stereocenters. The molecule has 1 aromatic heterocycles. The van der Waals surface area contributed by atoms with Gasteiger partial charge >= 0.3 is 12.1 Å². The molecule has 0 atom stereocenters. The highest BCUT2D eigenvalue weighted by Crippen LogP contribution is 2.29. The van der Waals surface area contributed by atoms with Crippen LogP contribution < -0.4 is 5.32 Å². The molecule has 0 amide bonds. The molecule has 1 aromatic carbocycles. The number of hydrogen-bond donors (Lipinski definition) is 1. The number of aromatic nitrogens is 1. The zero-order valence-electron chi connectivity index (χ0n) is 11.6. The minimum absolute atomic E-state index is 0.154. The highest BCUT2D eigenvalue weighted by molar-refractivity contribution is 5.89. The van der Waals surface area contributed by atoms with Gasteiger partial charge in [-0.2, -0.15) is 13.2 Å². The number of carbonyl (C=O) groups excluding carboxylic acids is 1. The molecule has 0 spiro atoms. The van der Waals surface area contributed by atoms with E-state index >= 15 is 0 Å². The van der Waals surface area contributed by atoms with Gasteiger partial charge in [0.05, 0.1) is 18.2 Å². The number of nitrogens with zero attached hydrogens (tertiary/aromatic N) is 1. The van der Waals surface area contributed by atoms with E-state index in [1.54, 1.807) is 6.07 Å². The molecule has 0 saturated heterocycles. The Balaban J connectivity index is 2.09. The molecule has 4 nitrogen and oxygen atoms in total. The normalized spacial score (nSPS) is 11.1. The topological polar surface area (TPSA) is 51.2 Å². The Morgan fingerprint density at radius 1 is 1.27 bits per heavy atom. The molecule has 7 heteroatoms. The van der Waals surface area contributed by atoms with Crippen molar-refractivity contribution in [3.05, 3.63) is 59.3 Å². The number of nitrogens with one attached hydrogen (secondary N) is 1. The molecule has 2 aromatic rings. The van der Waals surface area contributed by atoms with Gasteiger partial charge in [0.25, 0.3) is 0 Å². The fourth-order valence-electron chi connectivity index (χ4n) is 1.82. The van der Waals surface area contributed by atoms with Crippen LogP contribution in [0.1, 0.15) is 21.5 Å². The maximum absolute atomic E-state index is 12.6. The minimum Gasteiger partial charge on any atom is -0.465 e. The largest absolute Gasteiger partial charge is 0.465 e. The summed E-state index contributed by atoms with van der Waals surface area (Å²) in [6.07, 6.45) is -2.96. The van der Waals surface area contributed by atoms with Crippen LogP contribution in [0.3, 0.4) is 0 Å². The Kier molecular flexibility index (Phi) is 4.65. The lowest BCUT2D eigenvalue weighted by atomic mass is 10.1. The van der Waals surface area contributed by atoms with E-state index in [2.05, 4.69) is 15.0 Å². The molecule has 0 saturated carbocycles. The van der Waals surface area contributed by atoms with Gasteiger partial charge in [-0.15, -0.1) is 0 Å². The highest BCUT2D eigenvalue weighted by atomic mass is 19.4. The minimum atomic E-state index is -4.38. The highest BCUT2D eigenvalue weighted by Gasteiger charge is 2.30. The van der Waals surface area contributed by atoms with E-state index < -0.39 is 17.7 Å². The first-order valence-corrected chi connectivity index (χ1v) is 6.34. The van der Waals surface area contributed by atoms with Gasteiger partial charge in [0.15, 0.2) is 0 Å². The Labute approximate surface area is 124 Å². The molecule has 116 valence electrons. The summed E-state index contributed by atoms with van der Waals surface area (Å²) in [7, 11) is 1.26. The lowest BCUT2D eigenvalue weighted by molar-refractivity contribution is -0.137. The molecule has 0 aliphatic heterocycles. The third-order valence-electron chi connectivity index (χ3n) is 2.91. The third kappa shape index (κ3) is 3.97. The van der Waals surface area contributed by atoms with Crippen molar-refractivity contribution in [2.45, 2.75) is 12.7 Å². The third-order valence-corrected chi connectivity index (χ3v) is 2.91. The predicted octanol–water partition coefficient (Wildman–Crippen LogP) is 3.50. The molecular formula is C15H13F3N2O2. The second kappa shape index (κ2) is 6.46. The molecule has 0 bridgehead atoms. The Bertz CT molecular complexity index is 672. The molecule has 2 rings (SSSR count). The molecule has 1 N–H and O–H groups in total. The summed E-state index contributed by atoms with van der Waals surface area (Å²) in [5, 5.41) is 2.87. The second-order valence-electron chi connectivity index (χ2n) is 4.47. The number of benzene rings is 1. The second-order valence-corrected chi connectivity index (χ2v) is 4.47. The van der Waals surface area contributed by atoms with Crippen LogP contribution in [0.2, 0.25) is 0 Å². The molecule has 22 heavy (non-hydrogen) atoms. The van der Waals surface area contributed by atoms with Gasteiger partial charge in [0.2, 0.25) is 0 Å². The van der Waals surface area contributed by atoms with Crippen LogP contribution in [-0.2, 0) is 17.5 Å². The standard InChI is InChI=1S/C15H13F3N2O2/c1-22-14(21)11-5-6-19-13(8-11)20-9-10-3-2-4-12(7-10)15(16,17)18/h2-8H,9H2,1H3,(H,19,20). The Morgan fingerprint density at radius 3 is 2.73 bits per heavy atom. The summed E-state index contributed by atoms with van der Waals surface area (Å²) >= 11 is 0. The zero-order valence-corrected chi connectivity index (χ0v) is 11.6. The number of esters is 1. The van der Waals surface area contributed by atoms with Gasteiger partial charge in [-0.3, -0.25) is 0 Å². The van der Waals surface area contributed by atoms with Crippen molar-refractivity contribution in [2.75, 3.05) is 12.4 Å². The number of ether oxygens (including phenoxy) is 1. The van der Waals surface area contributed by atoms with Gasteiger partial charge in [-0.1, -0.05) is 12.1 Å². The summed E-state index contributed by atoms with van der Waals surface area (Å²) in [5.41, 5.74) is 0.0622. The molecule has 0 fully saturated rings. The maximum atomic E-state index is 12.6. The van der Waals surface area contributed by atoms with Crippen LogP contribution in [0.25, 0.3) is 0 Å². The van der Waals surface area contributed by atoms with Crippen LogP contribution in [0.4, 0.5) is 19.0 Å². The number of pyridine rings is 1. The smallest absolute Gasteiger partial charge is 0.416 e. The van der Waals surface area contributed by atoms with Crippen LogP contribution in [0.15, 0.2) is 42.6 Å². The van der Waals surface area contributed by atoms with E-state index in [-0.39, 0.29) is 6.54 Å². The lowest BCUT2D eigenvalue weighted by Crippen LogP contribution is -2.08. The van der Waals surface area contributed by atoms with E-state index in [9.17, 15) is 18.0 Å². The van der Waals surface area contributed by atoms with Crippen molar-refractivity contribution in [3.8, 4) is 0 Å². The monoisotopic (exact) mass is 310 g/mol. The number of rotatable bonds is 4. The number of methoxy groups -OCH3 is 1. The van der Waals surface area contributed by atoms with E-state index in [0.717, 1.165) is 12.1 Å². The van der Waals surface area contributed by atoms with Gasteiger partial charge in [-0.25, -0.2) is 9.78 Å². The fraction of sp³-hybridized carbons (Fsp3) is 0.200. The van der Waals surface area contributed by atoms with Crippen LogP contribution in [0, 0.1) is 0 Å². The zero-order chi connectivity index (χ0) is 16.2. The quantitative estimate of drug-likeness (QED) is 0.878. The first kappa shape index (κ1) is 15.8. The van der Waals surface area contributed by atoms with E-state index in [1.165, 1.54) is 31.5 Å². The number of halogens is 3. The summed E-state index contributed by atoms with van der Waals surface area (Å²) in [6.45, 7) is 0.154. The number of alkyl halides is 3. The van der Waals surface area contributed by atoms with Crippen molar-refractivity contribution in [3.63, 3.8) is 0 Å². The predicted molar refractivity (Wildman–Crippen MR) is 74.3 cm³/mol. The summed E-state index contributed by atoms with van der Waals surface area (Å²) in [4.78, 5) is 15.4. The van der Waals surface area contributed by atoms with Crippen LogP contribution in [-0.4, -0.2) is 18.1 Å². The fourth-order valence-corrected chi connectivity index (χ4v) is 1.82. The SMILES string of the molecule is COC(=O)c1ccnc(NCc2cccc(C(F)(F)F)c2)c1. The average Bonchev–Trinajstić information content (AvgIpc) is 2.52. The number of anilines is 1. The Morgan fingerprint density at radius 2 is 2.05 bits per heavy atom. The van der Waals surface area contributed by atoms with Gasteiger partial charge < -0.3 is 10.1 Å². The van der Waals surface area contributed by atoms with E-state index in [0.29, 0.717) is 16.9 Å². The van der Waals surface area contributed by atoms with Gasteiger partial charge in [0.1, 0.15) is 5.82 Å². The summed E-state index contributed by atoms with van der Waals surface area (Å²) in [5.74, 6) is -0.134. The molecule has 0 radical (unpaired) electrons. The molecule has 0 aliphatic rings. The first-order valence-electron chi connectivity index (χ1n) is 6.34. The van der Waals surface area contributed by atoms with Crippen molar-refractivity contribution in [1.82, 2.24) is 4.98 Å². The van der Waals surface area contributed by atoms with Crippen molar-refractivity contribution in [1.29, 1.82) is 0 Å². The molecule has 0 aliphatic carbocycles. The Hall–Kier alpha value is -2.57. The van der Waals surface area contributed by atoms with Gasteiger partial charge in [-0.05, 0) is 29.8 Å². The summed E-state index contributed by atoms with van der Waals surface area (Å²) in [6, 6.07) is 7.96. The van der Waals surface area contributed by atoms with Crippen molar-refractivity contribution < 1.29 is 22.7 Å². The van der Waals surface area contributed by atoms with E-state index in [4.69, 9.17) is 0 Å². The first-order chi connectivity index (χ1) is 10.4. The van der Waals surface area contributed by atoms with Gasteiger partial charge in [0, 0.05) is 12.7 Å². The van der Waals surface area contributed by atoms with Crippen molar-refractivity contribution >= 4 is 11.8 Å². The van der Waals surface area contributed by atoms with Crippen LogP contribution in [0.5, 0.6) is 0 Å². The number of carbonyl (C=O) groups is 1.